The van der Waals surface area contributed by atoms with Crippen molar-refractivity contribution < 1.29 is 8.42 Å². The summed E-state index contributed by atoms with van der Waals surface area (Å²) in [6.45, 7) is 9.18. The molecule has 0 amide bonds. The number of rotatable bonds is 4. The Hall–Kier alpha value is -1.21. The Labute approximate surface area is 165 Å². The Balaban J connectivity index is 1.70. The van der Waals surface area contributed by atoms with Gasteiger partial charge in [-0.05, 0) is 49.6 Å². The molecule has 1 heterocycles. The van der Waals surface area contributed by atoms with E-state index in [2.05, 4.69) is 33.0 Å². The van der Waals surface area contributed by atoms with Crippen LogP contribution in [0.4, 0.5) is 0 Å². The smallest absolute Gasteiger partial charge is 0.243 e. The topological polar surface area (TPSA) is 40.6 Å². The molecule has 0 aliphatic carbocycles. The molecule has 1 saturated heterocycles. The molecule has 0 N–H and O–H groups in total. The molecule has 2 aromatic rings. The van der Waals surface area contributed by atoms with Crippen molar-refractivity contribution >= 4 is 26.0 Å². The first-order valence-electron chi connectivity index (χ1n) is 8.82. The van der Waals surface area contributed by atoms with Gasteiger partial charge in [0.1, 0.15) is 0 Å². The summed E-state index contributed by atoms with van der Waals surface area (Å²) in [4.78, 5) is 2.79. The fraction of sp³-hybridized carbons (Fsp3) is 0.400. The highest BCUT2D eigenvalue weighted by Crippen LogP contribution is 2.26. The van der Waals surface area contributed by atoms with Crippen LogP contribution >= 0.6 is 15.9 Å². The number of piperazine rings is 1. The Morgan fingerprint density at radius 2 is 1.46 bits per heavy atom. The van der Waals surface area contributed by atoms with Crippen molar-refractivity contribution in [2.75, 3.05) is 26.2 Å². The van der Waals surface area contributed by atoms with Crippen molar-refractivity contribution in [2.45, 2.75) is 32.2 Å². The molecule has 1 aliphatic rings. The van der Waals surface area contributed by atoms with Crippen molar-refractivity contribution in [2.24, 2.45) is 0 Å². The maximum absolute atomic E-state index is 13.1. The summed E-state index contributed by atoms with van der Waals surface area (Å²) in [5.41, 5.74) is 4.01. The van der Waals surface area contributed by atoms with Crippen LogP contribution in [0.1, 0.15) is 22.3 Å². The van der Waals surface area contributed by atoms with Crippen LogP contribution in [0.2, 0.25) is 0 Å². The van der Waals surface area contributed by atoms with Crippen LogP contribution in [0.25, 0.3) is 0 Å². The van der Waals surface area contributed by atoms with E-state index in [4.69, 9.17) is 0 Å². The molecule has 3 rings (SSSR count). The van der Waals surface area contributed by atoms with E-state index >= 15 is 0 Å². The van der Waals surface area contributed by atoms with Gasteiger partial charge in [-0.3, -0.25) is 4.90 Å². The normalized spacial score (nSPS) is 16.8. The van der Waals surface area contributed by atoms with Gasteiger partial charge in [0.25, 0.3) is 0 Å². The molecule has 1 fully saturated rings. The van der Waals surface area contributed by atoms with Crippen LogP contribution in [-0.4, -0.2) is 43.8 Å². The van der Waals surface area contributed by atoms with Gasteiger partial charge in [0.15, 0.2) is 0 Å². The minimum atomic E-state index is -3.44. The highest BCUT2D eigenvalue weighted by Gasteiger charge is 2.30. The van der Waals surface area contributed by atoms with E-state index in [0.717, 1.165) is 40.8 Å². The van der Waals surface area contributed by atoms with Gasteiger partial charge in [-0.15, -0.1) is 0 Å². The first-order valence-corrected chi connectivity index (χ1v) is 11.1. The number of nitrogens with zero attached hydrogens (tertiary/aromatic N) is 2. The minimum Gasteiger partial charge on any atom is -0.296 e. The van der Waals surface area contributed by atoms with E-state index in [1.807, 2.05) is 45.0 Å². The lowest BCUT2D eigenvalue weighted by Gasteiger charge is -2.34. The monoisotopic (exact) mass is 436 g/mol. The van der Waals surface area contributed by atoms with Gasteiger partial charge in [-0.1, -0.05) is 45.8 Å². The van der Waals surface area contributed by atoms with Crippen LogP contribution in [0, 0.1) is 20.8 Å². The maximum atomic E-state index is 13.1. The van der Waals surface area contributed by atoms with Gasteiger partial charge in [0, 0.05) is 37.2 Å². The fourth-order valence-corrected chi connectivity index (χ4v) is 5.78. The van der Waals surface area contributed by atoms with E-state index < -0.39 is 10.0 Å². The lowest BCUT2D eigenvalue weighted by molar-refractivity contribution is 0.181. The molecule has 1 aliphatic heterocycles. The summed E-state index contributed by atoms with van der Waals surface area (Å²) in [5.74, 6) is 0. The summed E-state index contributed by atoms with van der Waals surface area (Å²) in [7, 11) is -3.44. The highest BCUT2D eigenvalue weighted by atomic mass is 79.9. The molecule has 0 atom stereocenters. The molecule has 0 saturated carbocycles. The van der Waals surface area contributed by atoms with Crippen molar-refractivity contribution in [3.8, 4) is 0 Å². The van der Waals surface area contributed by atoms with Gasteiger partial charge in [0.05, 0.1) is 4.90 Å². The minimum absolute atomic E-state index is 0.476. The van der Waals surface area contributed by atoms with Gasteiger partial charge in [-0.2, -0.15) is 4.31 Å². The van der Waals surface area contributed by atoms with Crippen LogP contribution < -0.4 is 0 Å². The molecule has 0 unspecified atom stereocenters. The second-order valence-corrected chi connectivity index (χ2v) is 9.82. The highest BCUT2D eigenvalue weighted by molar-refractivity contribution is 9.10. The van der Waals surface area contributed by atoms with Crippen LogP contribution in [-0.2, 0) is 16.6 Å². The first kappa shape index (κ1) is 19.5. The number of aryl methyl sites for hydroxylation is 3. The van der Waals surface area contributed by atoms with Gasteiger partial charge in [0.2, 0.25) is 10.0 Å². The Kier molecular flexibility index (Phi) is 5.87. The second-order valence-electron chi connectivity index (χ2n) is 7.03. The van der Waals surface area contributed by atoms with Gasteiger partial charge >= 0.3 is 0 Å². The molecule has 6 heteroatoms. The molecule has 140 valence electrons. The molecular weight excluding hydrogens is 412 g/mol. The average Bonchev–Trinajstić information content (AvgIpc) is 2.56. The van der Waals surface area contributed by atoms with Crippen molar-refractivity contribution in [1.29, 1.82) is 0 Å². The largest absolute Gasteiger partial charge is 0.296 e. The molecule has 0 spiro atoms. The Morgan fingerprint density at radius 3 is 2.00 bits per heavy atom. The van der Waals surface area contributed by atoms with Crippen LogP contribution in [0.3, 0.4) is 0 Å². The van der Waals surface area contributed by atoms with E-state index in [1.165, 1.54) is 5.56 Å². The Morgan fingerprint density at radius 1 is 0.923 bits per heavy atom. The fourth-order valence-electron chi connectivity index (χ4n) is 3.68. The van der Waals surface area contributed by atoms with E-state index in [9.17, 15) is 8.42 Å². The Bertz CT molecular complexity index is 864. The number of sulfonamides is 1. The second kappa shape index (κ2) is 7.80. The molecule has 4 nitrogen and oxygen atoms in total. The van der Waals surface area contributed by atoms with Crippen LogP contribution in [0.5, 0.6) is 0 Å². The zero-order valence-electron chi connectivity index (χ0n) is 15.5. The van der Waals surface area contributed by atoms with Crippen molar-refractivity contribution in [3.63, 3.8) is 0 Å². The molecule has 0 bridgehead atoms. The van der Waals surface area contributed by atoms with E-state index in [-0.39, 0.29) is 0 Å². The van der Waals surface area contributed by atoms with Crippen LogP contribution in [0.15, 0.2) is 45.8 Å². The summed E-state index contributed by atoms with van der Waals surface area (Å²) in [6.07, 6.45) is 0. The quantitative estimate of drug-likeness (QED) is 0.729. The number of benzene rings is 2. The average molecular weight is 437 g/mol. The summed E-state index contributed by atoms with van der Waals surface area (Å²) in [6, 6.07) is 12.2. The van der Waals surface area contributed by atoms with Gasteiger partial charge in [-0.25, -0.2) is 8.42 Å². The lowest BCUT2D eigenvalue weighted by Crippen LogP contribution is -2.48. The van der Waals surface area contributed by atoms with Crippen molar-refractivity contribution in [1.82, 2.24) is 9.21 Å². The molecule has 26 heavy (non-hydrogen) atoms. The standard InChI is InChI=1S/C20H25BrN2O2S/c1-15-12-16(2)20(17(3)13-15)26(24,25)23-10-8-22(9-11-23)14-18-4-6-19(21)7-5-18/h4-7,12-13H,8-11,14H2,1-3H3. The number of halogens is 1. The first-order chi connectivity index (χ1) is 12.3. The van der Waals surface area contributed by atoms with E-state index in [1.54, 1.807) is 4.31 Å². The third-order valence-electron chi connectivity index (χ3n) is 4.85. The molecule has 2 aromatic carbocycles. The predicted molar refractivity (Wildman–Crippen MR) is 109 cm³/mol. The molecule has 0 aromatic heterocycles. The third-order valence-corrected chi connectivity index (χ3v) is 7.59. The zero-order chi connectivity index (χ0) is 18.9. The number of hydrogen-bond donors (Lipinski definition) is 0. The predicted octanol–water partition coefficient (Wildman–Crippen LogP) is 3.88. The lowest BCUT2D eigenvalue weighted by atomic mass is 10.1. The summed E-state index contributed by atoms with van der Waals surface area (Å²) >= 11 is 3.45. The summed E-state index contributed by atoms with van der Waals surface area (Å²) in [5, 5.41) is 0. The third kappa shape index (κ3) is 4.19. The molecule has 0 radical (unpaired) electrons. The molecular formula is C20H25BrN2O2S. The zero-order valence-corrected chi connectivity index (χ0v) is 17.9. The number of hydrogen-bond acceptors (Lipinski definition) is 3. The summed E-state index contributed by atoms with van der Waals surface area (Å²) < 4.78 is 29.0. The van der Waals surface area contributed by atoms with Crippen molar-refractivity contribution in [3.05, 3.63) is 63.1 Å². The van der Waals surface area contributed by atoms with Gasteiger partial charge < -0.3 is 0 Å². The van der Waals surface area contributed by atoms with E-state index in [0.29, 0.717) is 18.0 Å². The SMILES string of the molecule is Cc1cc(C)c(S(=O)(=O)N2CCN(Cc3ccc(Br)cc3)CC2)c(C)c1. The maximum Gasteiger partial charge on any atom is 0.243 e.